The van der Waals surface area contributed by atoms with Crippen molar-refractivity contribution in [3.63, 3.8) is 0 Å². The first-order valence-corrected chi connectivity index (χ1v) is 11.7. The second-order valence-electron chi connectivity index (χ2n) is 7.04. The molecule has 7 heteroatoms. The number of hydrogen-bond donors (Lipinski definition) is 1. The smallest absolute Gasteiger partial charge is 0.258 e. The number of carbonyl (C=O) groups excluding carboxylic acids is 1. The predicted octanol–water partition coefficient (Wildman–Crippen LogP) is 3.11. The van der Waals surface area contributed by atoms with Gasteiger partial charge in [-0.1, -0.05) is 39.0 Å². The molecule has 1 aliphatic rings. The molecular formula is C20H31NO5S. The van der Waals surface area contributed by atoms with Crippen molar-refractivity contribution in [2.24, 2.45) is 0 Å². The molecule has 1 aliphatic heterocycles. The first-order chi connectivity index (χ1) is 13.0. The van der Waals surface area contributed by atoms with Gasteiger partial charge in [0.25, 0.3) is 5.91 Å². The van der Waals surface area contributed by atoms with Crippen molar-refractivity contribution in [1.29, 1.82) is 0 Å². The molecule has 1 unspecified atom stereocenters. The zero-order valence-electron chi connectivity index (χ0n) is 16.1. The number of sulfone groups is 1. The maximum Gasteiger partial charge on any atom is 0.258 e. The van der Waals surface area contributed by atoms with Gasteiger partial charge < -0.3 is 14.8 Å². The van der Waals surface area contributed by atoms with Crippen LogP contribution in [0.5, 0.6) is 11.5 Å². The van der Waals surface area contributed by atoms with Crippen LogP contribution in [0.15, 0.2) is 24.3 Å². The second-order valence-corrected chi connectivity index (χ2v) is 9.27. The molecular weight excluding hydrogens is 366 g/mol. The number of nitrogens with one attached hydrogen (secondary N) is 1. The van der Waals surface area contributed by atoms with E-state index in [-0.39, 0.29) is 30.1 Å². The van der Waals surface area contributed by atoms with Gasteiger partial charge in [-0.25, -0.2) is 8.42 Å². The van der Waals surface area contributed by atoms with Gasteiger partial charge in [-0.05, 0) is 37.1 Å². The molecule has 6 nitrogen and oxygen atoms in total. The lowest BCUT2D eigenvalue weighted by molar-refractivity contribution is -0.123. The molecule has 1 aromatic carbocycles. The van der Waals surface area contributed by atoms with Gasteiger partial charge >= 0.3 is 0 Å². The van der Waals surface area contributed by atoms with Gasteiger partial charge in [-0.3, -0.25) is 4.79 Å². The summed E-state index contributed by atoms with van der Waals surface area (Å²) < 4.78 is 33.9. The molecule has 1 amide bonds. The fraction of sp³-hybridized carbons (Fsp3) is 0.650. The van der Waals surface area contributed by atoms with Crippen molar-refractivity contribution < 1.29 is 22.7 Å². The van der Waals surface area contributed by atoms with Crippen LogP contribution in [-0.2, 0) is 14.6 Å². The van der Waals surface area contributed by atoms with E-state index >= 15 is 0 Å². The fourth-order valence-corrected chi connectivity index (χ4v) is 4.70. The van der Waals surface area contributed by atoms with Gasteiger partial charge in [0.05, 0.1) is 18.1 Å². The number of rotatable bonds is 12. The Balaban J connectivity index is 1.60. The summed E-state index contributed by atoms with van der Waals surface area (Å²) in [6.45, 7) is 2.79. The number of ether oxygens (including phenoxy) is 2. The lowest BCUT2D eigenvalue weighted by atomic mass is 10.1. The Morgan fingerprint density at radius 1 is 1.04 bits per heavy atom. The minimum absolute atomic E-state index is 0.0172. The van der Waals surface area contributed by atoms with Crippen LogP contribution in [0.1, 0.15) is 51.9 Å². The molecule has 27 heavy (non-hydrogen) atoms. The Kier molecular flexibility index (Phi) is 8.91. The van der Waals surface area contributed by atoms with E-state index in [9.17, 15) is 13.2 Å². The largest absolute Gasteiger partial charge is 0.494 e. The van der Waals surface area contributed by atoms with Gasteiger partial charge in [0.1, 0.15) is 11.5 Å². The summed E-state index contributed by atoms with van der Waals surface area (Å²) in [6.07, 6.45) is 7.84. The number of carbonyl (C=O) groups is 1. The van der Waals surface area contributed by atoms with E-state index in [1.165, 1.54) is 32.1 Å². The summed E-state index contributed by atoms with van der Waals surface area (Å²) in [5, 5.41) is 2.70. The average Bonchev–Trinajstić information content (AvgIpc) is 2.98. The summed E-state index contributed by atoms with van der Waals surface area (Å²) in [7, 11) is -3.00. The molecule has 0 radical (unpaired) electrons. The van der Waals surface area contributed by atoms with Crippen LogP contribution in [0.25, 0.3) is 0 Å². The van der Waals surface area contributed by atoms with Crippen LogP contribution in [-0.4, -0.2) is 45.1 Å². The van der Waals surface area contributed by atoms with Crippen LogP contribution in [0, 0.1) is 0 Å². The third-order valence-corrected chi connectivity index (χ3v) is 6.33. The third kappa shape index (κ3) is 8.65. The lowest BCUT2D eigenvalue weighted by Crippen LogP contribution is -2.38. The van der Waals surface area contributed by atoms with Crippen molar-refractivity contribution in [3.8, 4) is 11.5 Å². The van der Waals surface area contributed by atoms with E-state index in [2.05, 4.69) is 12.2 Å². The Hall–Kier alpha value is -1.76. The molecule has 0 aromatic heterocycles. The highest BCUT2D eigenvalue weighted by Crippen LogP contribution is 2.18. The molecule has 0 saturated carbocycles. The lowest BCUT2D eigenvalue weighted by Gasteiger charge is -2.12. The van der Waals surface area contributed by atoms with E-state index in [0.29, 0.717) is 18.8 Å². The molecule has 1 fully saturated rings. The quantitative estimate of drug-likeness (QED) is 0.548. The van der Waals surface area contributed by atoms with E-state index in [1.807, 2.05) is 12.1 Å². The molecule has 152 valence electrons. The summed E-state index contributed by atoms with van der Waals surface area (Å²) in [5.41, 5.74) is 0. The first kappa shape index (κ1) is 21.5. The molecule has 1 heterocycles. The monoisotopic (exact) mass is 397 g/mol. The second kappa shape index (κ2) is 11.2. The maximum atomic E-state index is 11.9. The van der Waals surface area contributed by atoms with Crippen molar-refractivity contribution in [2.75, 3.05) is 24.7 Å². The molecule has 1 aromatic rings. The number of amides is 1. The minimum atomic E-state index is -3.00. The highest BCUT2D eigenvalue weighted by atomic mass is 32.2. The van der Waals surface area contributed by atoms with Gasteiger partial charge in [0.15, 0.2) is 16.4 Å². The SMILES string of the molecule is CCCCCCCCOc1ccc(OCC(=O)NC2CCS(=O)(=O)C2)cc1. The highest BCUT2D eigenvalue weighted by Gasteiger charge is 2.28. The van der Waals surface area contributed by atoms with Crippen LogP contribution in [0.3, 0.4) is 0 Å². The molecule has 0 bridgehead atoms. The predicted molar refractivity (Wildman–Crippen MR) is 106 cm³/mol. The molecule has 1 saturated heterocycles. The highest BCUT2D eigenvalue weighted by molar-refractivity contribution is 7.91. The number of benzene rings is 1. The Labute approximate surface area is 162 Å². The summed E-state index contributed by atoms with van der Waals surface area (Å²) in [5.74, 6) is 1.22. The topological polar surface area (TPSA) is 81.7 Å². The van der Waals surface area contributed by atoms with E-state index < -0.39 is 9.84 Å². The fourth-order valence-electron chi connectivity index (χ4n) is 3.03. The van der Waals surface area contributed by atoms with Gasteiger partial charge in [-0.15, -0.1) is 0 Å². The zero-order valence-corrected chi connectivity index (χ0v) is 16.9. The Morgan fingerprint density at radius 2 is 1.67 bits per heavy atom. The first-order valence-electron chi connectivity index (χ1n) is 9.84. The summed E-state index contributed by atoms with van der Waals surface area (Å²) >= 11 is 0. The van der Waals surface area contributed by atoms with Crippen molar-refractivity contribution in [3.05, 3.63) is 24.3 Å². The third-order valence-electron chi connectivity index (χ3n) is 4.56. The zero-order chi connectivity index (χ0) is 19.5. The Bertz CT molecular complexity index is 672. The Morgan fingerprint density at radius 3 is 2.30 bits per heavy atom. The van der Waals surface area contributed by atoms with Crippen molar-refractivity contribution in [1.82, 2.24) is 5.32 Å². The minimum Gasteiger partial charge on any atom is -0.494 e. The molecule has 0 aliphatic carbocycles. The maximum absolute atomic E-state index is 11.9. The van der Waals surface area contributed by atoms with Crippen LogP contribution in [0.4, 0.5) is 0 Å². The van der Waals surface area contributed by atoms with E-state index in [1.54, 1.807) is 12.1 Å². The van der Waals surface area contributed by atoms with E-state index in [0.717, 1.165) is 12.2 Å². The van der Waals surface area contributed by atoms with Gasteiger partial charge in [0.2, 0.25) is 0 Å². The molecule has 2 rings (SSSR count). The number of hydrogen-bond acceptors (Lipinski definition) is 5. The molecule has 0 spiro atoms. The standard InChI is InChI=1S/C20H31NO5S/c1-2-3-4-5-6-7-13-25-18-8-10-19(11-9-18)26-15-20(22)21-17-12-14-27(23,24)16-17/h8-11,17H,2-7,12-16H2,1H3,(H,21,22). The summed E-state index contributed by atoms with van der Waals surface area (Å²) in [6, 6.07) is 6.89. The molecule has 1 N–H and O–H groups in total. The normalized spacial score (nSPS) is 18.2. The average molecular weight is 398 g/mol. The van der Waals surface area contributed by atoms with Crippen LogP contribution in [0.2, 0.25) is 0 Å². The number of unbranched alkanes of at least 4 members (excludes halogenated alkanes) is 5. The van der Waals surface area contributed by atoms with Crippen LogP contribution < -0.4 is 14.8 Å². The molecule has 1 atom stereocenters. The van der Waals surface area contributed by atoms with E-state index in [4.69, 9.17) is 9.47 Å². The van der Waals surface area contributed by atoms with Crippen molar-refractivity contribution >= 4 is 15.7 Å². The van der Waals surface area contributed by atoms with Gasteiger partial charge in [0, 0.05) is 6.04 Å². The summed E-state index contributed by atoms with van der Waals surface area (Å²) in [4.78, 5) is 11.9. The van der Waals surface area contributed by atoms with Crippen molar-refractivity contribution in [2.45, 2.75) is 57.9 Å². The van der Waals surface area contributed by atoms with Gasteiger partial charge in [-0.2, -0.15) is 0 Å². The van der Waals surface area contributed by atoms with Crippen LogP contribution >= 0.6 is 0 Å².